The number of nitriles is 1. The third kappa shape index (κ3) is 4.01. The average Bonchev–Trinajstić information content (AvgIpc) is 3.14. The maximum absolute atomic E-state index is 12.6. The Kier molecular flexibility index (Phi) is 5.50. The Balaban J connectivity index is 1.82. The molecule has 2 N–H and O–H groups in total. The highest BCUT2D eigenvalue weighted by Gasteiger charge is 2.16. The van der Waals surface area contributed by atoms with Crippen LogP contribution in [0.4, 0.5) is 0 Å². The molecule has 0 fully saturated rings. The van der Waals surface area contributed by atoms with Crippen LogP contribution in [0.15, 0.2) is 66.4 Å². The number of benzene rings is 2. The normalized spacial score (nSPS) is 12.5. The average molecular weight is 343 g/mol. The van der Waals surface area contributed by atoms with E-state index >= 15 is 0 Å². The van der Waals surface area contributed by atoms with Gasteiger partial charge in [-0.3, -0.25) is 4.79 Å². The quantitative estimate of drug-likeness (QED) is 0.502. The number of nitrogens with one attached hydrogen (secondary N) is 2. The van der Waals surface area contributed by atoms with Crippen LogP contribution in [0.3, 0.4) is 0 Å². The molecule has 26 heavy (non-hydrogen) atoms. The molecular formula is C22H21N3O. The van der Waals surface area contributed by atoms with Gasteiger partial charge in [0.15, 0.2) is 0 Å². The van der Waals surface area contributed by atoms with Crippen LogP contribution in [0.5, 0.6) is 0 Å². The van der Waals surface area contributed by atoms with Crippen LogP contribution >= 0.6 is 0 Å². The molecule has 0 unspecified atom stereocenters. The molecule has 0 aliphatic heterocycles. The van der Waals surface area contributed by atoms with Gasteiger partial charge in [0, 0.05) is 11.7 Å². The number of carbonyl (C=O) groups excluding carboxylic acids is 1. The summed E-state index contributed by atoms with van der Waals surface area (Å²) in [4.78, 5) is 15.8. The zero-order valence-electron chi connectivity index (χ0n) is 14.7. The summed E-state index contributed by atoms with van der Waals surface area (Å²) < 4.78 is 0. The fourth-order valence-corrected chi connectivity index (χ4v) is 3.00. The Morgan fingerprint density at radius 1 is 1.23 bits per heavy atom. The van der Waals surface area contributed by atoms with Crippen LogP contribution < -0.4 is 5.32 Å². The molecule has 0 saturated carbocycles. The lowest BCUT2D eigenvalue weighted by Gasteiger charge is -2.18. The van der Waals surface area contributed by atoms with Gasteiger partial charge >= 0.3 is 0 Å². The van der Waals surface area contributed by atoms with Crippen LogP contribution in [0.2, 0.25) is 0 Å². The summed E-state index contributed by atoms with van der Waals surface area (Å²) in [6.07, 6.45) is 5.26. The zero-order valence-corrected chi connectivity index (χ0v) is 14.7. The van der Waals surface area contributed by atoms with E-state index in [2.05, 4.69) is 17.2 Å². The van der Waals surface area contributed by atoms with Gasteiger partial charge in [0.05, 0.1) is 6.04 Å². The summed E-state index contributed by atoms with van der Waals surface area (Å²) in [6, 6.07) is 19.6. The van der Waals surface area contributed by atoms with Crippen LogP contribution in [0, 0.1) is 11.3 Å². The first-order valence-electron chi connectivity index (χ1n) is 8.76. The van der Waals surface area contributed by atoms with Crippen LogP contribution in [0.25, 0.3) is 17.0 Å². The van der Waals surface area contributed by atoms with Gasteiger partial charge in [-0.25, -0.2) is 0 Å². The number of aromatic nitrogens is 1. The summed E-state index contributed by atoms with van der Waals surface area (Å²) in [6.45, 7) is 2.08. The van der Waals surface area contributed by atoms with Gasteiger partial charge in [0.2, 0.25) is 0 Å². The molecule has 4 nitrogen and oxygen atoms in total. The Labute approximate surface area is 153 Å². The molecule has 1 aromatic heterocycles. The SMILES string of the molecule is CCC[C@H](NC(=O)/C(C#N)=C/c1ccc2cc[nH]c2c1)c1ccccc1. The molecule has 3 rings (SSSR count). The summed E-state index contributed by atoms with van der Waals surface area (Å²) in [5, 5.41) is 13.6. The fraction of sp³-hybridized carbons (Fsp3) is 0.182. The van der Waals surface area contributed by atoms with E-state index in [9.17, 15) is 10.1 Å². The van der Waals surface area contributed by atoms with Gasteiger partial charge in [-0.1, -0.05) is 55.8 Å². The molecule has 1 heterocycles. The van der Waals surface area contributed by atoms with Crippen LogP contribution in [0.1, 0.15) is 36.9 Å². The van der Waals surface area contributed by atoms with E-state index in [0.29, 0.717) is 0 Å². The van der Waals surface area contributed by atoms with Crippen molar-refractivity contribution in [2.24, 2.45) is 0 Å². The fourth-order valence-electron chi connectivity index (χ4n) is 3.00. The Bertz CT molecular complexity index is 964. The van der Waals surface area contributed by atoms with Crippen molar-refractivity contribution >= 4 is 22.9 Å². The minimum Gasteiger partial charge on any atom is -0.361 e. The molecule has 130 valence electrons. The summed E-state index contributed by atoms with van der Waals surface area (Å²) in [5.41, 5.74) is 2.95. The van der Waals surface area contributed by atoms with Gasteiger partial charge in [-0.2, -0.15) is 5.26 Å². The van der Waals surface area contributed by atoms with Gasteiger partial charge in [-0.05, 0) is 41.1 Å². The highest BCUT2D eigenvalue weighted by molar-refractivity contribution is 6.02. The molecule has 0 saturated heterocycles. The molecule has 3 aromatic rings. The number of hydrogen-bond donors (Lipinski definition) is 2. The molecule has 0 radical (unpaired) electrons. The second-order valence-corrected chi connectivity index (χ2v) is 6.22. The minimum atomic E-state index is -0.346. The van der Waals surface area contributed by atoms with E-state index in [1.165, 1.54) is 0 Å². The number of rotatable bonds is 6. The van der Waals surface area contributed by atoms with Crippen molar-refractivity contribution in [3.63, 3.8) is 0 Å². The molecule has 0 bridgehead atoms. The lowest BCUT2D eigenvalue weighted by atomic mass is 10.0. The minimum absolute atomic E-state index is 0.101. The smallest absolute Gasteiger partial charge is 0.262 e. The maximum atomic E-state index is 12.6. The largest absolute Gasteiger partial charge is 0.361 e. The van der Waals surface area contributed by atoms with E-state index in [-0.39, 0.29) is 17.5 Å². The second kappa shape index (κ2) is 8.17. The first-order chi connectivity index (χ1) is 12.7. The van der Waals surface area contributed by atoms with E-state index in [1.54, 1.807) is 6.08 Å². The topological polar surface area (TPSA) is 68.7 Å². The van der Waals surface area contributed by atoms with Gasteiger partial charge in [0.25, 0.3) is 5.91 Å². The van der Waals surface area contributed by atoms with Crippen molar-refractivity contribution in [1.82, 2.24) is 10.3 Å². The predicted octanol–water partition coefficient (Wildman–Crippen LogP) is 4.73. The van der Waals surface area contributed by atoms with Gasteiger partial charge in [-0.15, -0.1) is 0 Å². The number of carbonyl (C=O) groups is 1. The molecule has 0 aliphatic carbocycles. The Morgan fingerprint density at radius 2 is 2.04 bits per heavy atom. The third-order valence-electron chi connectivity index (χ3n) is 4.34. The number of H-pyrrole nitrogens is 1. The van der Waals surface area contributed by atoms with E-state index in [0.717, 1.165) is 34.9 Å². The number of aromatic amines is 1. The predicted molar refractivity (Wildman–Crippen MR) is 104 cm³/mol. The molecule has 1 atom stereocenters. The number of amides is 1. The van der Waals surface area contributed by atoms with Crippen LogP contribution in [-0.4, -0.2) is 10.9 Å². The van der Waals surface area contributed by atoms with Gasteiger partial charge < -0.3 is 10.3 Å². The van der Waals surface area contributed by atoms with Crippen molar-refractivity contribution in [3.8, 4) is 6.07 Å². The van der Waals surface area contributed by atoms with Crippen molar-refractivity contribution in [2.75, 3.05) is 0 Å². The second-order valence-electron chi connectivity index (χ2n) is 6.22. The molecule has 0 aliphatic rings. The van der Waals surface area contributed by atoms with Crippen LogP contribution in [-0.2, 0) is 4.79 Å². The van der Waals surface area contributed by atoms with Crippen molar-refractivity contribution in [3.05, 3.63) is 77.5 Å². The molecule has 4 heteroatoms. The maximum Gasteiger partial charge on any atom is 0.262 e. The summed E-state index contributed by atoms with van der Waals surface area (Å²) in [5.74, 6) is -0.346. The Morgan fingerprint density at radius 3 is 2.77 bits per heavy atom. The summed E-state index contributed by atoms with van der Waals surface area (Å²) >= 11 is 0. The third-order valence-corrected chi connectivity index (χ3v) is 4.34. The van der Waals surface area contributed by atoms with E-state index in [1.807, 2.05) is 66.9 Å². The number of hydrogen-bond acceptors (Lipinski definition) is 2. The highest BCUT2D eigenvalue weighted by Crippen LogP contribution is 2.20. The zero-order chi connectivity index (χ0) is 18.4. The standard InChI is InChI=1S/C22H21N3O/c1-2-6-20(17-7-4-3-5-8-17)25-22(26)19(15-23)13-16-9-10-18-11-12-24-21(18)14-16/h3-5,7-14,20,24H,2,6H2,1H3,(H,25,26)/b19-13+/t20-/m0/s1. The number of nitrogens with zero attached hydrogens (tertiary/aromatic N) is 1. The molecule has 2 aromatic carbocycles. The van der Waals surface area contributed by atoms with Crippen molar-refractivity contribution < 1.29 is 4.79 Å². The Hall–Kier alpha value is -3.32. The van der Waals surface area contributed by atoms with Gasteiger partial charge in [0.1, 0.15) is 11.6 Å². The lowest BCUT2D eigenvalue weighted by Crippen LogP contribution is -2.29. The monoisotopic (exact) mass is 343 g/mol. The first kappa shape index (κ1) is 17.5. The van der Waals surface area contributed by atoms with Crippen molar-refractivity contribution in [2.45, 2.75) is 25.8 Å². The van der Waals surface area contributed by atoms with Crippen molar-refractivity contribution in [1.29, 1.82) is 5.26 Å². The molecular weight excluding hydrogens is 322 g/mol. The lowest BCUT2D eigenvalue weighted by molar-refractivity contribution is -0.117. The molecule has 0 spiro atoms. The number of fused-ring (bicyclic) bond motifs is 1. The van der Waals surface area contributed by atoms with E-state index < -0.39 is 0 Å². The highest BCUT2D eigenvalue weighted by atomic mass is 16.1. The van der Waals surface area contributed by atoms with E-state index in [4.69, 9.17) is 0 Å². The molecule has 1 amide bonds. The first-order valence-corrected chi connectivity index (χ1v) is 8.76. The summed E-state index contributed by atoms with van der Waals surface area (Å²) in [7, 11) is 0.